The molecule has 3 nitrogen and oxygen atoms in total. The van der Waals surface area contributed by atoms with Gasteiger partial charge in [0, 0.05) is 33.4 Å². The molecule has 0 aliphatic carbocycles. The predicted molar refractivity (Wildman–Crippen MR) is 212 cm³/mol. The van der Waals surface area contributed by atoms with Crippen molar-refractivity contribution in [1.82, 2.24) is 4.57 Å². The van der Waals surface area contributed by atoms with Crippen molar-refractivity contribution < 1.29 is 4.74 Å². The molecular formula is C48H32N2O. The Morgan fingerprint density at radius 2 is 0.882 bits per heavy atom. The molecule has 1 aromatic heterocycles. The third-order valence-electron chi connectivity index (χ3n) is 10.0. The zero-order valence-corrected chi connectivity index (χ0v) is 27.8. The monoisotopic (exact) mass is 652 g/mol. The van der Waals surface area contributed by atoms with Crippen molar-refractivity contribution in [2.24, 2.45) is 0 Å². The molecule has 0 radical (unpaired) electrons. The topological polar surface area (TPSA) is 17.4 Å². The van der Waals surface area contributed by atoms with Crippen molar-refractivity contribution in [3.8, 4) is 50.6 Å². The molecule has 0 amide bonds. The summed E-state index contributed by atoms with van der Waals surface area (Å²) >= 11 is 0. The number of hydrogen-bond acceptors (Lipinski definition) is 2. The Morgan fingerprint density at radius 3 is 1.57 bits per heavy atom. The van der Waals surface area contributed by atoms with Crippen molar-refractivity contribution in [3.05, 3.63) is 194 Å². The number of nitrogens with zero attached hydrogens (tertiary/aromatic N) is 2. The van der Waals surface area contributed by atoms with Crippen LogP contribution in [0.2, 0.25) is 0 Å². The number of rotatable bonds is 6. The molecule has 0 unspecified atom stereocenters. The molecule has 51 heavy (non-hydrogen) atoms. The Bertz CT molecular complexity index is 2680. The fourth-order valence-electron chi connectivity index (χ4n) is 7.55. The molecular weight excluding hydrogens is 621 g/mol. The van der Waals surface area contributed by atoms with Crippen LogP contribution in [0.3, 0.4) is 0 Å². The molecule has 1 aliphatic rings. The number of ether oxygens (including phenoxy) is 1. The smallest absolute Gasteiger partial charge is 0.160 e. The van der Waals surface area contributed by atoms with E-state index in [0.717, 1.165) is 50.9 Å². The molecule has 0 bridgehead atoms. The van der Waals surface area contributed by atoms with Gasteiger partial charge in [-0.05, 0) is 88.5 Å². The molecule has 0 atom stereocenters. The Morgan fingerprint density at radius 1 is 0.373 bits per heavy atom. The summed E-state index contributed by atoms with van der Waals surface area (Å²) in [6, 6.07) is 68.9. The highest BCUT2D eigenvalue weighted by Gasteiger charge is 2.26. The lowest BCUT2D eigenvalue weighted by molar-refractivity contribution is 0.478. The number of fused-ring (bicyclic) bond motifs is 5. The van der Waals surface area contributed by atoms with Gasteiger partial charge in [0.25, 0.3) is 0 Å². The average Bonchev–Trinajstić information content (AvgIpc) is 3.55. The normalized spacial score (nSPS) is 11.7. The number of anilines is 3. The third kappa shape index (κ3) is 4.90. The summed E-state index contributed by atoms with van der Waals surface area (Å²) in [5.41, 5.74) is 13.6. The molecule has 1 aliphatic heterocycles. The maximum absolute atomic E-state index is 6.73. The first-order valence-electron chi connectivity index (χ1n) is 17.4. The molecule has 10 rings (SSSR count). The molecule has 0 saturated carbocycles. The molecule has 240 valence electrons. The number of hydrogen-bond donors (Lipinski definition) is 0. The van der Waals surface area contributed by atoms with Crippen molar-refractivity contribution >= 4 is 38.9 Å². The maximum Gasteiger partial charge on any atom is 0.160 e. The van der Waals surface area contributed by atoms with Gasteiger partial charge in [-0.2, -0.15) is 0 Å². The van der Waals surface area contributed by atoms with Gasteiger partial charge >= 0.3 is 0 Å². The van der Waals surface area contributed by atoms with Gasteiger partial charge in [-0.3, -0.25) is 0 Å². The van der Waals surface area contributed by atoms with Crippen LogP contribution in [0.25, 0.3) is 60.9 Å². The van der Waals surface area contributed by atoms with Crippen LogP contribution in [0.15, 0.2) is 194 Å². The first-order chi connectivity index (χ1) is 25.3. The van der Waals surface area contributed by atoms with E-state index in [1.54, 1.807) is 0 Å². The Kier molecular flexibility index (Phi) is 6.81. The summed E-state index contributed by atoms with van der Waals surface area (Å²) in [5, 5.41) is 2.42. The lowest BCUT2D eigenvalue weighted by Crippen LogP contribution is -2.09. The van der Waals surface area contributed by atoms with Crippen LogP contribution in [0.1, 0.15) is 0 Å². The van der Waals surface area contributed by atoms with Crippen LogP contribution in [0, 0.1) is 0 Å². The van der Waals surface area contributed by atoms with E-state index < -0.39 is 0 Å². The summed E-state index contributed by atoms with van der Waals surface area (Å²) in [5.74, 6) is 1.75. The third-order valence-corrected chi connectivity index (χ3v) is 10.0. The zero-order valence-electron chi connectivity index (χ0n) is 27.8. The van der Waals surface area contributed by atoms with E-state index in [9.17, 15) is 0 Å². The second-order valence-electron chi connectivity index (χ2n) is 13.0. The van der Waals surface area contributed by atoms with Crippen molar-refractivity contribution in [3.63, 3.8) is 0 Å². The van der Waals surface area contributed by atoms with Crippen molar-refractivity contribution in [1.29, 1.82) is 0 Å². The Balaban J connectivity index is 1.02. The minimum Gasteiger partial charge on any atom is -0.452 e. The summed E-state index contributed by atoms with van der Waals surface area (Å²) < 4.78 is 9.08. The van der Waals surface area contributed by atoms with E-state index in [1.165, 1.54) is 38.5 Å². The Labute approximate surface area is 296 Å². The zero-order chi connectivity index (χ0) is 33.7. The van der Waals surface area contributed by atoms with Crippen LogP contribution in [0.4, 0.5) is 17.1 Å². The van der Waals surface area contributed by atoms with Gasteiger partial charge in [-0.15, -0.1) is 0 Å². The molecule has 8 aromatic carbocycles. The van der Waals surface area contributed by atoms with E-state index in [-0.39, 0.29) is 0 Å². The highest BCUT2D eigenvalue weighted by atomic mass is 16.5. The van der Waals surface area contributed by atoms with Crippen LogP contribution >= 0.6 is 0 Å². The molecule has 0 N–H and O–H groups in total. The van der Waals surface area contributed by atoms with Crippen molar-refractivity contribution in [2.75, 3.05) is 4.90 Å². The van der Waals surface area contributed by atoms with Crippen LogP contribution in [-0.2, 0) is 0 Å². The SMILES string of the molecule is c1ccc(-c2ccc(-c3ccc(N(c4ccccc4)c4ccc(-c5ccc6c7ccccc7n7c6c5Oc5ccccc5-7)cc4)cc3)cc2)cc1. The molecule has 0 saturated heterocycles. The second kappa shape index (κ2) is 11.9. The second-order valence-corrected chi connectivity index (χ2v) is 13.0. The van der Waals surface area contributed by atoms with Crippen molar-refractivity contribution in [2.45, 2.75) is 0 Å². The minimum absolute atomic E-state index is 0.863. The first-order valence-corrected chi connectivity index (χ1v) is 17.4. The highest BCUT2D eigenvalue weighted by molar-refractivity contribution is 6.14. The van der Waals surface area contributed by atoms with E-state index in [4.69, 9.17) is 4.74 Å². The van der Waals surface area contributed by atoms with E-state index >= 15 is 0 Å². The van der Waals surface area contributed by atoms with E-state index in [1.807, 2.05) is 6.07 Å². The van der Waals surface area contributed by atoms with Crippen LogP contribution < -0.4 is 9.64 Å². The number of para-hydroxylation sites is 4. The fourth-order valence-corrected chi connectivity index (χ4v) is 7.55. The van der Waals surface area contributed by atoms with Gasteiger partial charge in [0.05, 0.1) is 16.7 Å². The largest absolute Gasteiger partial charge is 0.452 e. The minimum atomic E-state index is 0.863. The summed E-state index contributed by atoms with van der Waals surface area (Å²) in [6.07, 6.45) is 0. The van der Waals surface area contributed by atoms with Gasteiger partial charge in [-0.25, -0.2) is 0 Å². The number of benzene rings is 8. The van der Waals surface area contributed by atoms with Gasteiger partial charge in [0.1, 0.15) is 0 Å². The van der Waals surface area contributed by atoms with Gasteiger partial charge in [-0.1, -0.05) is 133 Å². The summed E-state index contributed by atoms with van der Waals surface area (Å²) in [6.45, 7) is 0. The fraction of sp³-hybridized carbons (Fsp3) is 0. The van der Waals surface area contributed by atoms with Gasteiger partial charge in [0.2, 0.25) is 0 Å². The number of aromatic nitrogens is 1. The van der Waals surface area contributed by atoms with Gasteiger partial charge < -0.3 is 14.2 Å². The summed E-state index contributed by atoms with van der Waals surface area (Å²) in [4.78, 5) is 2.31. The predicted octanol–water partition coefficient (Wildman–Crippen LogP) is 13.4. The first kappa shape index (κ1) is 29.1. The average molecular weight is 653 g/mol. The van der Waals surface area contributed by atoms with E-state index in [0.29, 0.717) is 0 Å². The molecule has 0 fully saturated rings. The quantitative estimate of drug-likeness (QED) is 0.178. The lowest BCUT2D eigenvalue weighted by Gasteiger charge is -2.26. The maximum atomic E-state index is 6.73. The molecule has 0 spiro atoms. The Hall–Kier alpha value is -6.84. The molecule has 9 aromatic rings. The molecule has 2 heterocycles. The summed E-state index contributed by atoms with van der Waals surface area (Å²) in [7, 11) is 0. The lowest BCUT2D eigenvalue weighted by atomic mass is 9.99. The molecule has 3 heteroatoms. The van der Waals surface area contributed by atoms with E-state index in [2.05, 4.69) is 198 Å². The van der Waals surface area contributed by atoms with Gasteiger partial charge in [0.15, 0.2) is 11.5 Å². The van der Waals surface area contributed by atoms with Crippen LogP contribution in [0.5, 0.6) is 11.5 Å². The standard InChI is InChI=1S/C48H32N2O/c1-3-11-33(12-4-1)34-19-21-35(22-20-34)36-23-27-39(28-24-36)49(38-13-5-2-6-14-38)40-29-25-37(26-30-40)41-31-32-43-42-15-7-8-16-44(42)50-45-17-9-10-18-46(45)51-48(41)47(43)50/h1-32H. The van der Waals surface area contributed by atoms with Crippen LogP contribution in [-0.4, -0.2) is 4.57 Å². The highest BCUT2D eigenvalue weighted by Crippen LogP contribution is 2.49.